The van der Waals surface area contributed by atoms with Crippen molar-refractivity contribution in [2.45, 2.75) is 13.8 Å². The predicted octanol–water partition coefficient (Wildman–Crippen LogP) is 1.85. The van der Waals surface area contributed by atoms with Crippen molar-refractivity contribution in [2.75, 3.05) is 5.73 Å². The molecule has 2 aromatic heterocycles. The Morgan fingerprint density at radius 2 is 2.04 bits per heavy atom. The van der Waals surface area contributed by atoms with Crippen molar-refractivity contribution in [3.63, 3.8) is 0 Å². The van der Waals surface area contributed by atoms with Gasteiger partial charge in [0.1, 0.15) is 0 Å². The van der Waals surface area contributed by atoms with Crippen molar-refractivity contribution in [1.29, 1.82) is 0 Å². The lowest BCUT2D eigenvalue weighted by molar-refractivity contribution is 0.383. The van der Waals surface area contributed by atoms with E-state index in [0.717, 1.165) is 3.97 Å². The van der Waals surface area contributed by atoms with Crippen LogP contribution in [0.5, 0.6) is 5.75 Å². The molecule has 0 radical (unpaired) electrons. The Morgan fingerprint density at radius 1 is 1.29 bits per heavy atom. The molecule has 0 aliphatic heterocycles. The van der Waals surface area contributed by atoms with Gasteiger partial charge < -0.3 is 14.4 Å². The fourth-order valence-electron chi connectivity index (χ4n) is 2.00. The Bertz CT molecular complexity index is 973. The SMILES string of the molecule is Cc1cc(Cl)ccc1-c1noc(=O)n1S(=O)Oc1c(N)noc1C. The summed E-state index contributed by atoms with van der Waals surface area (Å²) in [4.78, 5) is 11.9. The highest BCUT2D eigenvalue weighted by molar-refractivity contribution is 7.79. The number of benzene rings is 1. The van der Waals surface area contributed by atoms with E-state index in [1.54, 1.807) is 25.1 Å². The van der Waals surface area contributed by atoms with Crippen LogP contribution in [0, 0.1) is 13.8 Å². The van der Waals surface area contributed by atoms with Crippen molar-refractivity contribution >= 4 is 28.7 Å². The molecule has 24 heavy (non-hydrogen) atoms. The Hall–Kier alpha value is -2.59. The highest BCUT2D eigenvalue weighted by Gasteiger charge is 2.24. The molecule has 3 aromatic rings. The number of anilines is 1. The maximum absolute atomic E-state index is 12.5. The van der Waals surface area contributed by atoms with E-state index in [-0.39, 0.29) is 23.2 Å². The molecule has 1 atom stereocenters. The van der Waals surface area contributed by atoms with Gasteiger partial charge >= 0.3 is 17.0 Å². The molecule has 0 spiro atoms. The smallest absolute Gasteiger partial charge is 0.378 e. The molecule has 2 heterocycles. The van der Waals surface area contributed by atoms with Crippen LogP contribution in [0.25, 0.3) is 11.4 Å². The van der Waals surface area contributed by atoms with E-state index in [0.29, 0.717) is 16.1 Å². The number of hydrogen-bond donors (Lipinski definition) is 1. The summed E-state index contributed by atoms with van der Waals surface area (Å²) < 4.78 is 27.9. The molecule has 1 unspecified atom stereocenters. The summed E-state index contributed by atoms with van der Waals surface area (Å²) in [6.45, 7) is 3.28. The first-order valence-corrected chi connectivity index (χ1v) is 7.97. The molecule has 0 bridgehead atoms. The average Bonchev–Trinajstić information content (AvgIpc) is 3.04. The molecule has 9 nitrogen and oxygen atoms in total. The zero-order valence-electron chi connectivity index (χ0n) is 12.5. The second kappa shape index (κ2) is 6.13. The number of halogens is 1. The highest BCUT2D eigenvalue weighted by Crippen LogP contribution is 2.28. The monoisotopic (exact) mass is 370 g/mol. The molecule has 0 saturated carbocycles. The standard InChI is InChI=1S/C13H11ClN4O5S/c1-6-5-8(14)3-4-9(6)12-17-22-13(19)18(12)24(20)23-10-7(2)21-16-11(10)15/h3-5H,1-2H3,(H2,15,16). The third-order valence-electron chi connectivity index (χ3n) is 3.13. The normalized spacial score (nSPS) is 12.3. The van der Waals surface area contributed by atoms with Gasteiger partial charge in [0.25, 0.3) is 0 Å². The van der Waals surface area contributed by atoms with Gasteiger partial charge in [0.15, 0.2) is 5.76 Å². The molecular formula is C13H11ClN4O5S. The molecule has 0 saturated heterocycles. The summed E-state index contributed by atoms with van der Waals surface area (Å²) >= 11 is 3.61. The van der Waals surface area contributed by atoms with E-state index in [4.69, 9.17) is 26.0 Å². The van der Waals surface area contributed by atoms with Crippen LogP contribution in [0.3, 0.4) is 0 Å². The van der Waals surface area contributed by atoms with E-state index in [1.807, 2.05) is 0 Å². The van der Waals surface area contributed by atoms with E-state index in [9.17, 15) is 9.00 Å². The first kappa shape index (κ1) is 16.3. The predicted molar refractivity (Wildman–Crippen MR) is 85.8 cm³/mol. The maximum Gasteiger partial charge on any atom is 0.456 e. The van der Waals surface area contributed by atoms with Crippen molar-refractivity contribution in [3.05, 3.63) is 45.1 Å². The van der Waals surface area contributed by atoms with E-state index in [1.165, 1.54) is 6.92 Å². The summed E-state index contributed by atoms with van der Waals surface area (Å²) in [5.74, 6) is -0.824. The summed E-state index contributed by atoms with van der Waals surface area (Å²) in [5, 5.41) is 7.65. The summed E-state index contributed by atoms with van der Waals surface area (Å²) in [7, 11) is 0. The topological polar surface area (TPSA) is 126 Å². The summed E-state index contributed by atoms with van der Waals surface area (Å²) in [6.07, 6.45) is 0. The number of aryl methyl sites for hydroxylation is 2. The Balaban J connectivity index is 2.04. The van der Waals surface area contributed by atoms with Crippen molar-refractivity contribution in [2.24, 2.45) is 0 Å². The lowest BCUT2D eigenvalue weighted by Gasteiger charge is -2.07. The number of nitrogens with zero attached hydrogens (tertiary/aromatic N) is 3. The van der Waals surface area contributed by atoms with E-state index in [2.05, 4.69) is 14.8 Å². The van der Waals surface area contributed by atoms with Crippen LogP contribution in [-0.2, 0) is 11.3 Å². The summed E-state index contributed by atoms with van der Waals surface area (Å²) in [6, 6.07) is 4.91. The van der Waals surface area contributed by atoms with Gasteiger partial charge in [-0.2, -0.15) is 4.21 Å². The third-order valence-corrected chi connectivity index (χ3v) is 4.30. The van der Waals surface area contributed by atoms with Gasteiger partial charge in [0.2, 0.25) is 17.4 Å². The fraction of sp³-hybridized carbons (Fsp3) is 0.154. The fourth-order valence-corrected chi connectivity index (χ4v) is 3.08. The second-order valence-electron chi connectivity index (χ2n) is 4.78. The average molecular weight is 371 g/mol. The van der Waals surface area contributed by atoms with Crippen LogP contribution in [0.4, 0.5) is 5.82 Å². The van der Waals surface area contributed by atoms with Crippen LogP contribution in [0.15, 0.2) is 32.0 Å². The van der Waals surface area contributed by atoms with Crippen LogP contribution >= 0.6 is 11.6 Å². The van der Waals surface area contributed by atoms with Gasteiger partial charge in [-0.05, 0) is 30.7 Å². The van der Waals surface area contributed by atoms with Crippen LogP contribution in [0.2, 0.25) is 5.02 Å². The second-order valence-corrected chi connectivity index (χ2v) is 6.18. The number of nitrogen functional groups attached to an aromatic ring is 1. The van der Waals surface area contributed by atoms with Gasteiger partial charge in [-0.25, -0.2) is 4.79 Å². The zero-order valence-corrected chi connectivity index (χ0v) is 14.1. The molecule has 2 N–H and O–H groups in total. The number of hydrogen-bond acceptors (Lipinski definition) is 8. The van der Waals surface area contributed by atoms with Crippen LogP contribution in [0.1, 0.15) is 11.3 Å². The van der Waals surface area contributed by atoms with Crippen LogP contribution in [-0.4, -0.2) is 18.5 Å². The van der Waals surface area contributed by atoms with Crippen LogP contribution < -0.4 is 15.7 Å². The number of aromatic nitrogens is 3. The molecule has 3 rings (SSSR count). The zero-order chi connectivity index (χ0) is 17.4. The van der Waals surface area contributed by atoms with Crippen molar-refractivity contribution in [3.8, 4) is 17.1 Å². The third kappa shape index (κ3) is 2.81. The molecule has 0 aliphatic rings. The minimum absolute atomic E-state index is 0.0276. The number of nitrogens with two attached hydrogens (primary N) is 1. The first-order valence-electron chi connectivity index (χ1n) is 6.56. The van der Waals surface area contributed by atoms with Gasteiger partial charge in [-0.1, -0.05) is 21.9 Å². The minimum atomic E-state index is -2.30. The Labute approximate surface area is 142 Å². The van der Waals surface area contributed by atoms with Gasteiger partial charge in [0, 0.05) is 17.5 Å². The molecular weight excluding hydrogens is 360 g/mol. The van der Waals surface area contributed by atoms with E-state index < -0.39 is 17.0 Å². The van der Waals surface area contributed by atoms with Gasteiger partial charge in [-0.15, -0.1) is 3.97 Å². The molecule has 0 aliphatic carbocycles. The summed E-state index contributed by atoms with van der Waals surface area (Å²) in [5.41, 5.74) is 6.79. The lowest BCUT2D eigenvalue weighted by Crippen LogP contribution is -2.23. The molecule has 0 amide bonds. The van der Waals surface area contributed by atoms with Crippen molar-refractivity contribution < 1.29 is 17.4 Å². The molecule has 126 valence electrons. The molecule has 0 fully saturated rings. The van der Waals surface area contributed by atoms with Crippen molar-refractivity contribution in [1.82, 2.24) is 14.3 Å². The highest BCUT2D eigenvalue weighted by atomic mass is 35.5. The first-order chi connectivity index (χ1) is 11.4. The van der Waals surface area contributed by atoms with Gasteiger partial charge in [0.05, 0.1) is 0 Å². The maximum atomic E-state index is 12.5. The minimum Gasteiger partial charge on any atom is -0.378 e. The molecule has 1 aromatic carbocycles. The Morgan fingerprint density at radius 3 is 2.67 bits per heavy atom. The van der Waals surface area contributed by atoms with E-state index >= 15 is 0 Å². The van der Waals surface area contributed by atoms with Gasteiger partial charge in [-0.3, -0.25) is 4.52 Å². The quantitative estimate of drug-likeness (QED) is 0.737. The molecule has 11 heteroatoms. The number of rotatable bonds is 4. The largest absolute Gasteiger partial charge is 0.456 e. The Kier molecular flexibility index (Phi) is 4.16. The lowest BCUT2D eigenvalue weighted by atomic mass is 10.1.